The predicted molar refractivity (Wildman–Crippen MR) is 119 cm³/mol. The van der Waals surface area contributed by atoms with E-state index >= 15 is 0 Å². The molecule has 1 aromatic carbocycles. The van der Waals surface area contributed by atoms with Crippen molar-refractivity contribution in [3.8, 4) is 5.69 Å². The first-order valence-electron chi connectivity index (χ1n) is 9.15. The molecule has 2 aromatic rings. The van der Waals surface area contributed by atoms with E-state index in [-0.39, 0.29) is 24.0 Å². The maximum absolute atomic E-state index is 4.63. The molecule has 1 aliphatic rings. The molecule has 1 saturated heterocycles. The lowest BCUT2D eigenvalue weighted by Gasteiger charge is -2.33. The standard InChI is InChI=1S/C20H29N5.HI/c1-15-9-11-24(12-10-15)20(21-4)22-14-18-7-5-6-8-19(18)25-17(3)13-16(2)23-25;/h5-8,13,15H,9-12,14H2,1-4H3,(H,21,22);1H. The average Bonchev–Trinajstić information content (AvgIpc) is 2.95. The monoisotopic (exact) mass is 467 g/mol. The Morgan fingerprint density at radius 1 is 1.23 bits per heavy atom. The lowest BCUT2D eigenvalue weighted by atomic mass is 9.99. The topological polar surface area (TPSA) is 45.5 Å². The molecule has 3 rings (SSSR count). The van der Waals surface area contributed by atoms with Crippen LogP contribution >= 0.6 is 24.0 Å². The Balaban J connectivity index is 0.00000243. The summed E-state index contributed by atoms with van der Waals surface area (Å²) in [7, 11) is 1.87. The van der Waals surface area contributed by atoms with E-state index in [4.69, 9.17) is 0 Å². The molecule has 5 nitrogen and oxygen atoms in total. The van der Waals surface area contributed by atoms with Crippen LogP contribution in [0.25, 0.3) is 5.69 Å². The molecule has 1 aliphatic heterocycles. The molecule has 0 saturated carbocycles. The van der Waals surface area contributed by atoms with Crippen molar-refractivity contribution < 1.29 is 0 Å². The number of para-hydroxylation sites is 1. The van der Waals surface area contributed by atoms with Crippen LogP contribution in [0.5, 0.6) is 0 Å². The summed E-state index contributed by atoms with van der Waals surface area (Å²) in [5.41, 5.74) is 4.54. The van der Waals surface area contributed by atoms with E-state index in [0.29, 0.717) is 0 Å². The summed E-state index contributed by atoms with van der Waals surface area (Å²) in [6.45, 7) is 9.37. The molecule has 0 amide bonds. The highest BCUT2D eigenvalue weighted by molar-refractivity contribution is 14.0. The minimum Gasteiger partial charge on any atom is -0.352 e. The first-order valence-corrected chi connectivity index (χ1v) is 9.15. The number of piperidine rings is 1. The van der Waals surface area contributed by atoms with Gasteiger partial charge in [0.15, 0.2) is 5.96 Å². The zero-order valence-corrected chi connectivity index (χ0v) is 18.5. The third-order valence-corrected chi connectivity index (χ3v) is 4.96. The SMILES string of the molecule is CN=C(NCc1ccccc1-n1nc(C)cc1C)N1CCC(C)CC1.I. The number of hydrogen-bond acceptors (Lipinski definition) is 2. The van der Waals surface area contributed by atoms with E-state index in [1.165, 1.54) is 18.4 Å². The third-order valence-electron chi connectivity index (χ3n) is 4.96. The van der Waals surface area contributed by atoms with Crippen molar-refractivity contribution in [1.29, 1.82) is 0 Å². The van der Waals surface area contributed by atoms with Gasteiger partial charge in [-0.3, -0.25) is 4.99 Å². The molecule has 0 spiro atoms. The number of rotatable bonds is 3. The fourth-order valence-electron chi connectivity index (χ4n) is 3.47. The molecule has 0 bridgehead atoms. The molecule has 2 heterocycles. The van der Waals surface area contributed by atoms with Gasteiger partial charge in [0, 0.05) is 32.4 Å². The molecule has 0 atom stereocenters. The Morgan fingerprint density at radius 3 is 2.54 bits per heavy atom. The average molecular weight is 467 g/mol. The normalized spacial score (nSPS) is 15.7. The van der Waals surface area contributed by atoms with Gasteiger partial charge >= 0.3 is 0 Å². The van der Waals surface area contributed by atoms with Crippen LogP contribution in [0.3, 0.4) is 0 Å². The van der Waals surface area contributed by atoms with Crippen molar-refractivity contribution in [1.82, 2.24) is 20.0 Å². The van der Waals surface area contributed by atoms with Crippen LogP contribution in [0.15, 0.2) is 35.3 Å². The molecule has 0 radical (unpaired) electrons. The van der Waals surface area contributed by atoms with Gasteiger partial charge in [-0.2, -0.15) is 5.10 Å². The Morgan fingerprint density at radius 2 is 1.92 bits per heavy atom. The number of aliphatic imine (C=N–C) groups is 1. The van der Waals surface area contributed by atoms with Crippen molar-refractivity contribution >= 4 is 29.9 Å². The van der Waals surface area contributed by atoms with Gasteiger partial charge in [0.1, 0.15) is 0 Å². The van der Waals surface area contributed by atoms with E-state index < -0.39 is 0 Å². The number of aryl methyl sites for hydroxylation is 2. The quantitative estimate of drug-likeness (QED) is 0.423. The fourth-order valence-corrected chi connectivity index (χ4v) is 3.47. The second-order valence-corrected chi connectivity index (χ2v) is 7.04. The van der Waals surface area contributed by atoms with Crippen LogP contribution in [0, 0.1) is 19.8 Å². The maximum Gasteiger partial charge on any atom is 0.193 e. The second-order valence-electron chi connectivity index (χ2n) is 7.04. The van der Waals surface area contributed by atoms with Crippen LogP contribution in [0.1, 0.15) is 36.7 Å². The summed E-state index contributed by atoms with van der Waals surface area (Å²) < 4.78 is 2.03. The first-order chi connectivity index (χ1) is 12.1. The Hall–Kier alpha value is -1.57. The number of halogens is 1. The van der Waals surface area contributed by atoms with Gasteiger partial charge in [-0.1, -0.05) is 25.1 Å². The number of aromatic nitrogens is 2. The van der Waals surface area contributed by atoms with Gasteiger partial charge in [-0.05, 0) is 50.3 Å². The van der Waals surface area contributed by atoms with Gasteiger partial charge in [-0.15, -0.1) is 24.0 Å². The zero-order chi connectivity index (χ0) is 17.8. The summed E-state index contributed by atoms with van der Waals surface area (Å²) in [4.78, 5) is 6.85. The van der Waals surface area contributed by atoms with Crippen LogP contribution in [-0.4, -0.2) is 40.8 Å². The number of nitrogens with one attached hydrogen (secondary N) is 1. The molecule has 0 aliphatic carbocycles. The minimum absolute atomic E-state index is 0. The van der Waals surface area contributed by atoms with Crippen molar-refractivity contribution in [2.45, 2.75) is 40.2 Å². The highest BCUT2D eigenvalue weighted by atomic mass is 127. The number of guanidine groups is 1. The fraction of sp³-hybridized carbons (Fsp3) is 0.500. The number of hydrogen-bond donors (Lipinski definition) is 1. The summed E-state index contributed by atoms with van der Waals surface area (Å²) in [5, 5.41) is 8.18. The molecule has 1 fully saturated rings. The molecular formula is C20H30IN5. The van der Waals surface area contributed by atoms with Crippen LogP contribution in [0.2, 0.25) is 0 Å². The number of benzene rings is 1. The van der Waals surface area contributed by atoms with E-state index in [2.05, 4.69) is 64.5 Å². The molecule has 1 aromatic heterocycles. The summed E-state index contributed by atoms with van der Waals surface area (Å²) >= 11 is 0. The van der Waals surface area contributed by atoms with Crippen LogP contribution in [-0.2, 0) is 6.54 Å². The van der Waals surface area contributed by atoms with Gasteiger partial charge in [-0.25, -0.2) is 4.68 Å². The smallest absolute Gasteiger partial charge is 0.193 e. The maximum atomic E-state index is 4.63. The van der Waals surface area contributed by atoms with Crippen molar-refractivity contribution in [2.24, 2.45) is 10.9 Å². The minimum atomic E-state index is 0. The highest BCUT2D eigenvalue weighted by Gasteiger charge is 2.18. The number of likely N-dealkylation sites (tertiary alicyclic amines) is 1. The highest BCUT2D eigenvalue weighted by Crippen LogP contribution is 2.18. The van der Waals surface area contributed by atoms with E-state index in [1.807, 2.05) is 18.7 Å². The summed E-state index contributed by atoms with van der Waals surface area (Å²) in [6, 6.07) is 10.5. The predicted octanol–water partition coefficient (Wildman–Crippen LogP) is 3.91. The van der Waals surface area contributed by atoms with Gasteiger partial charge in [0.2, 0.25) is 0 Å². The molecular weight excluding hydrogens is 437 g/mol. The van der Waals surface area contributed by atoms with Crippen LogP contribution < -0.4 is 5.32 Å². The third kappa shape index (κ3) is 4.78. The molecule has 142 valence electrons. The summed E-state index contributed by atoms with van der Waals surface area (Å²) in [6.07, 6.45) is 2.48. The lowest BCUT2D eigenvalue weighted by Crippen LogP contribution is -2.45. The van der Waals surface area contributed by atoms with Gasteiger partial charge < -0.3 is 10.2 Å². The Bertz CT molecular complexity index is 744. The van der Waals surface area contributed by atoms with E-state index in [1.54, 1.807) is 0 Å². The lowest BCUT2D eigenvalue weighted by molar-refractivity contribution is 0.273. The van der Waals surface area contributed by atoms with Crippen LogP contribution in [0.4, 0.5) is 0 Å². The molecule has 6 heteroatoms. The van der Waals surface area contributed by atoms with Crippen molar-refractivity contribution in [2.75, 3.05) is 20.1 Å². The van der Waals surface area contributed by atoms with Gasteiger partial charge in [0.05, 0.1) is 11.4 Å². The zero-order valence-electron chi connectivity index (χ0n) is 16.2. The van der Waals surface area contributed by atoms with Crippen molar-refractivity contribution in [3.63, 3.8) is 0 Å². The molecule has 0 unspecified atom stereocenters. The first kappa shape index (κ1) is 20.7. The Kier molecular flexibility index (Phi) is 7.49. The van der Waals surface area contributed by atoms with Gasteiger partial charge in [0.25, 0.3) is 0 Å². The number of nitrogens with zero attached hydrogens (tertiary/aromatic N) is 4. The van der Waals surface area contributed by atoms with E-state index in [0.717, 1.165) is 48.6 Å². The van der Waals surface area contributed by atoms with E-state index in [9.17, 15) is 0 Å². The summed E-state index contributed by atoms with van der Waals surface area (Å²) in [5.74, 6) is 1.82. The molecule has 1 N–H and O–H groups in total. The molecule has 26 heavy (non-hydrogen) atoms. The van der Waals surface area contributed by atoms with Crippen molar-refractivity contribution in [3.05, 3.63) is 47.3 Å². The second kappa shape index (κ2) is 9.39. The largest absolute Gasteiger partial charge is 0.352 e. The Labute approximate surface area is 173 Å².